The van der Waals surface area contributed by atoms with Crippen molar-refractivity contribution in [2.75, 3.05) is 12.9 Å². The predicted molar refractivity (Wildman–Crippen MR) is 97.3 cm³/mol. The minimum absolute atomic E-state index is 0.0775. The molecule has 1 heterocycles. The van der Waals surface area contributed by atoms with Gasteiger partial charge in [0, 0.05) is 11.7 Å². The Balaban J connectivity index is 1.77. The molecule has 1 fully saturated rings. The molecule has 0 aliphatic heterocycles. The molecule has 24 heavy (non-hydrogen) atoms. The van der Waals surface area contributed by atoms with Crippen LogP contribution in [0.25, 0.3) is 0 Å². The number of hydrogen-bond acceptors (Lipinski definition) is 4. The van der Waals surface area contributed by atoms with E-state index in [0.717, 1.165) is 10.9 Å². The predicted octanol–water partition coefficient (Wildman–Crippen LogP) is 4.60. The third-order valence-electron chi connectivity index (χ3n) is 4.78. The minimum Gasteiger partial charge on any atom is -0.496 e. The molecule has 0 amide bonds. The molecule has 0 N–H and O–H groups in total. The van der Waals surface area contributed by atoms with Gasteiger partial charge in [0.25, 0.3) is 0 Å². The van der Waals surface area contributed by atoms with Crippen LogP contribution < -0.4 is 4.74 Å². The zero-order chi connectivity index (χ0) is 17.1. The lowest BCUT2D eigenvalue weighted by Gasteiger charge is -2.17. The van der Waals surface area contributed by atoms with Crippen LogP contribution in [-0.4, -0.2) is 28.2 Å². The number of ketones is 1. The number of aromatic nitrogens is 2. The van der Waals surface area contributed by atoms with Gasteiger partial charge in [-0.15, -0.1) is 0 Å². The summed E-state index contributed by atoms with van der Waals surface area (Å²) in [5.41, 5.74) is 2.93. The summed E-state index contributed by atoms with van der Waals surface area (Å²) in [6.45, 7) is 4.18. The van der Waals surface area contributed by atoms with Gasteiger partial charge in [-0.3, -0.25) is 4.79 Å². The van der Waals surface area contributed by atoms with Gasteiger partial charge in [-0.05, 0) is 38.8 Å². The molecule has 128 valence electrons. The van der Waals surface area contributed by atoms with Crippen LogP contribution in [0.5, 0.6) is 5.75 Å². The minimum atomic E-state index is 0.0775. The van der Waals surface area contributed by atoms with Gasteiger partial charge in [0.15, 0.2) is 10.9 Å². The zero-order valence-corrected chi connectivity index (χ0v) is 15.4. The van der Waals surface area contributed by atoms with Crippen molar-refractivity contribution in [2.45, 2.75) is 50.7 Å². The second-order valence-electron chi connectivity index (χ2n) is 6.29. The summed E-state index contributed by atoms with van der Waals surface area (Å²) in [7, 11) is 1.60. The Morgan fingerprint density at radius 2 is 2.00 bits per heavy atom. The Hall–Kier alpha value is -1.75. The normalized spacial score (nSPS) is 15.0. The molecule has 0 spiro atoms. The van der Waals surface area contributed by atoms with Crippen molar-refractivity contribution >= 4 is 17.5 Å². The average molecular weight is 344 g/mol. The Labute approximate surface area is 147 Å². The lowest BCUT2D eigenvalue weighted by molar-refractivity contribution is 0.101. The van der Waals surface area contributed by atoms with E-state index in [1.807, 2.05) is 31.2 Å². The van der Waals surface area contributed by atoms with Crippen molar-refractivity contribution in [1.29, 1.82) is 0 Å². The van der Waals surface area contributed by atoms with Gasteiger partial charge in [0.1, 0.15) is 5.75 Å². The van der Waals surface area contributed by atoms with Crippen LogP contribution in [0.15, 0.2) is 29.4 Å². The Morgan fingerprint density at radius 1 is 1.29 bits per heavy atom. The first-order valence-corrected chi connectivity index (χ1v) is 9.44. The number of thioether (sulfide) groups is 1. The van der Waals surface area contributed by atoms with Crippen molar-refractivity contribution < 1.29 is 9.53 Å². The summed E-state index contributed by atoms with van der Waals surface area (Å²) in [4.78, 5) is 17.3. The number of para-hydroxylation sites is 1. The molecular formula is C19H24N2O2S. The molecule has 1 aromatic carbocycles. The maximum atomic E-state index is 12.6. The van der Waals surface area contributed by atoms with Crippen LogP contribution in [0.1, 0.15) is 53.5 Å². The van der Waals surface area contributed by atoms with Gasteiger partial charge in [-0.25, -0.2) is 4.98 Å². The smallest absolute Gasteiger partial charge is 0.176 e. The molecule has 1 saturated carbocycles. The molecule has 2 aromatic rings. The topological polar surface area (TPSA) is 44.1 Å². The standard InChI is InChI=1S/C19H24N2O2S/c1-13-14(2)21(15-8-4-5-9-15)19(20-13)24-12-17(22)16-10-6-7-11-18(16)23-3/h6-7,10-11,15H,4-5,8-9,12H2,1-3H3. The molecule has 1 aliphatic carbocycles. The van der Waals surface area contributed by atoms with E-state index in [1.54, 1.807) is 7.11 Å². The molecule has 0 bridgehead atoms. The van der Waals surface area contributed by atoms with E-state index in [2.05, 4.69) is 11.5 Å². The van der Waals surface area contributed by atoms with E-state index in [4.69, 9.17) is 9.72 Å². The zero-order valence-electron chi connectivity index (χ0n) is 14.5. The fourth-order valence-corrected chi connectivity index (χ4v) is 4.42. The van der Waals surface area contributed by atoms with E-state index < -0.39 is 0 Å². The van der Waals surface area contributed by atoms with Crippen molar-refractivity contribution in [3.8, 4) is 5.75 Å². The van der Waals surface area contributed by atoms with E-state index >= 15 is 0 Å². The quantitative estimate of drug-likeness (QED) is 0.567. The average Bonchev–Trinajstić information content (AvgIpc) is 3.21. The van der Waals surface area contributed by atoms with Crippen molar-refractivity contribution in [2.24, 2.45) is 0 Å². The number of benzene rings is 1. The summed E-state index contributed by atoms with van der Waals surface area (Å²) in [5.74, 6) is 1.09. The van der Waals surface area contributed by atoms with Gasteiger partial charge in [-0.1, -0.05) is 36.7 Å². The molecular weight excluding hydrogens is 320 g/mol. The van der Waals surface area contributed by atoms with E-state index in [-0.39, 0.29) is 5.78 Å². The van der Waals surface area contributed by atoms with Crippen molar-refractivity contribution in [3.05, 3.63) is 41.2 Å². The SMILES string of the molecule is COc1ccccc1C(=O)CSc1nc(C)c(C)n1C1CCCC1. The molecule has 1 aromatic heterocycles. The van der Waals surface area contributed by atoms with Gasteiger partial charge in [0.2, 0.25) is 0 Å². The number of nitrogens with zero attached hydrogens (tertiary/aromatic N) is 2. The second-order valence-corrected chi connectivity index (χ2v) is 7.23. The number of aryl methyl sites for hydroxylation is 1. The summed E-state index contributed by atoms with van der Waals surface area (Å²) >= 11 is 1.54. The first-order valence-electron chi connectivity index (χ1n) is 8.46. The summed E-state index contributed by atoms with van der Waals surface area (Å²) < 4.78 is 7.65. The van der Waals surface area contributed by atoms with Crippen LogP contribution in [-0.2, 0) is 0 Å². The first kappa shape index (κ1) is 17.1. The van der Waals surface area contributed by atoms with E-state index in [1.165, 1.54) is 43.1 Å². The summed E-state index contributed by atoms with van der Waals surface area (Å²) in [6.07, 6.45) is 4.99. The van der Waals surface area contributed by atoms with E-state index in [9.17, 15) is 4.79 Å². The van der Waals surface area contributed by atoms with Crippen LogP contribution >= 0.6 is 11.8 Å². The largest absolute Gasteiger partial charge is 0.496 e. The molecule has 0 radical (unpaired) electrons. The number of carbonyl (C=O) groups excluding carboxylic acids is 1. The maximum Gasteiger partial charge on any atom is 0.176 e. The van der Waals surface area contributed by atoms with Gasteiger partial charge in [-0.2, -0.15) is 0 Å². The number of methoxy groups -OCH3 is 1. The molecule has 3 rings (SSSR count). The van der Waals surface area contributed by atoms with Crippen LogP contribution in [0.3, 0.4) is 0 Å². The van der Waals surface area contributed by atoms with Crippen LogP contribution in [0.4, 0.5) is 0 Å². The fourth-order valence-electron chi connectivity index (χ4n) is 3.37. The Kier molecular flexibility index (Phi) is 5.29. The molecule has 0 atom stereocenters. The third-order valence-corrected chi connectivity index (χ3v) is 5.74. The highest BCUT2D eigenvalue weighted by atomic mass is 32.2. The third kappa shape index (κ3) is 3.36. The second kappa shape index (κ2) is 7.43. The summed E-state index contributed by atoms with van der Waals surface area (Å²) in [6, 6.07) is 7.93. The highest BCUT2D eigenvalue weighted by molar-refractivity contribution is 7.99. The molecule has 0 saturated heterocycles. The lowest BCUT2D eigenvalue weighted by atomic mass is 10.1. The van der Waals surface area contributed by atoms with Crippen LogP contribution in [0.2, 0.25) is 0 Å². The molecule has 4 nitrogen and oxygen atoms in total. The number of carbonyl (C=O) groups is 1. The van der Waals surface area contributed by atoms with Crippen molar-refractivity contribution in [1.82, 2.24) is 9.55 Å². The van der Waals surface area contributed by atoms with Gasteiger partial charge in [0.05, 0.1) is 24.1 Å². The van der Waals surface area contributed by atoms with Gasteiger partial charge < -0.3 is 9.30 Å². The number of Topliss-reactive ketones (excluding diaryl/α,β-unsaturated/α-hetero) is 1. The molecule has 1 aliphatic rings. The molecule has 5 heteroatoms. The molecule has 0 unspecified atom stereocenters. The highest BCUT2D eigenvalue weighted by Gasteiger charge is 2.24. The number of imidazole rings is 1. The number of ether oxygens (including phenoxy) is 1. The number of rotatable bonds is 6. The van der Waals surface area contributed by atoms with E-state index in [0.29, 0.717) is 23.1 Å². The lowest BCUT2D eigenvalue weighted by Crippen LogP contribution is -2.10. The monoisotopic (exact) mass is 344 g/mol. The first-order chi connectivity index (χ1) is 11.6. The summed E-state index contributed by atoms with van der Waals surface area (Å²) in [5, 5.41) is 0.972. The Bertz CT molecular complexity index is 733. The maximum absolute atomic E-state index is 12.6. The fraction of sp³-hybridized carbons (Fsp3) is 0.474. The van der Waals surface area contributed by atoms with Crippen molar-refractivity contribution in [3.63, 3.8) is 0 Å². The number of hydrogen-bond donors (Lipinski definition) is 0. The highest BCUT2D eigenvalue weighted by Crippen LogP contribution is 2.35. The van der Waals surface area contributed by atoms with Crippen LogP contribution in [0, 0.1) is 13.8 Å². The van der Waals surface area contributed by atoms with Gasteiger partial charge >= 0.3 is 0 Å². The Morgan fingerprint density at radius 3 is 2.71 bits per heavy atom.